The zero-order valence-electron chi connectivity index (χ0n) is 11.6. The Hall–Kier alpha value is -0.150. The van der Waals surface area contributed by atoms with E-state index in [9.17, 15) is 0 Å². The van der Waals surface area contributed by atoms with Crippen LogP contribution in [0.3, 0.4) is 0 Å². The third-order valence-corrected chi connectivity index (χ3v) is 3.23. The lowest BCUT2D eigenvalue weighted by Gasteiger charge is -1.99. The van der Waals surface area contributed by atoms with Gasteiger partial charge in [-0.15, -0.1) is 23.4 Å². The van der Waals surface area contributed by atoms with E-state index in [2.05, 4.69) is 18.8 Å². The minimum Gasteiger partial charge on any atom is -0.127 e. The van der Waals surface area contributed by atoms with Gasteiger partial charge in [-0.3, -0.25) is 0 Å². The number of hydrogen-bond donors (Lipinski definition) is 0. The van der Waals surface area contributed by atoms with Crippen LogP contribution in [0.4, 0.5) is 0 Å². The summed E-state index contributed by atoms with van der Waals surface area (Å²) in [7, 11) is 0. The van der Waals surface area contributed by atoms with Crippen LogP contribution < -0.4 is 0 Å². The Kier molecular flexibility index (Phi) is 15.7. The zero-order valence-corrected chi connectivity index (χ0v) is 12.3. The Labute approximate surface area is 114 Å². The molecule has 0 aliphatic carbocycles. The Morgan fingerprint density at radius 1 is 0.647 bits per heavy atom. The van der Waals surface area contributed by atoms with Gasteiger partial charge in [0.05, 0.1) is 0 Å². The average molecular weight is 257 g/mol. The number of alkyl halides is 1. The highest BCUT2D eigenvalue weighted by atomic mass is 35.5. The van der Waals surface area contributed by atoms with Crippen LogP contribution in [0.1, 0.15) is 84.0 Å². The molecule has 1 heteroatoms. The standard InChI is InChI=1S/C16H29Cl/c1-2-3-4-5-6-7-8-9-10-11-12-13-14-15-16-17/h2-4,7-16H2,1H3. The molecule has 0 nitrogen and oxygen atoms in total. The summed E-state index contributed by atoms with van der Waals surface area (Å²) in [5.41, 5.74) is 0. The predicted molar refractivity (Wildman–Crippen MR) is 79.6 cm³/mol. The lowest BCUT2D eigenvalue weighted by atomic mass is 10.1. The number of unbranched alkanes of at least 4 members (excludes halogenated alkanes) is 10. The van der Waals surface area contributed by atoms with Gasteiger partial charge in [0, 0.05) is 18.7 Å². The molecule has 0 aromatic carbocycles. The molecule has 17 heavy (non-hydrogen) atoms. The minimum atomic E-state index is 0.830. The lowest BCUT2D eigenvalue weighted by molar-refractivity contribution is 0.580. The highest BCUT2D eigenvalue weighted by Crippen LogP contribution is 2.09. The molecular formula is C16H29Cl. The molecule has 0 spiro atoms. The van der Waals surface area contributed by atoms with Crippen LogP contribution in [0.25, 0.3) is 0 Å². The molecule has 0 bridgehead atoms. The first-order chi connectivity index (χ1) is 8.41. The van der Waals surface area contributed by atoms with Crippen LogP contribution in [-0.2, 0) is 0 Å². The molecule has 100 valence electrons. The van der Waals surface area contributed by atoms with Gasteiger partial charge in [0.15, 0.2) is 0 Å². The van der Waals surface area contributed by atoms with E-state index in [0.29, 0.717) is 0 Å². The van der Waals surface area contributed by atoms with Crippen LogP contribution in [0.5, 0.6) is 0 Å². The number of halogens is 1. The van der Waals surface area contributed by atoms with Gasteiger partial charge in [-0.05, 0) is 19.3 Å². The molecule has 0 N–H and O–H groups in total. The second-order valence-electron chi connectivity index (χ2n) is 4.72. The summed E-state index contributed by atoms with van der Waals surface area (Å²) in [6.45, 7) is 2.22. The maximum atomic E-state index is 5.63. The van der Waals surface area contributed by atoms with Crippen LogP contribution in [0.15, 0.2) is 0 Å². The molecule has 0 saturated carbocycles. The van der Waals surface area contributed by atoms with Gasteiger partial charge in [-0.1, -0.05) is 51.9 Å². The first-order valence-electron chi connectivity index (χ1n) is 7.43. The topological polar surface area (TPSA) is 0 Å². The molecule has 0 aliphatic heterocycles. The quantitative estimate of drug-likeness (QED) is 0.244. The van der Waals surface area contributed by atoms with E-state index in [0.717, 1.165) is 18.7 Å². The van der Waals surface area contributed by atoms with E-state index in [1.54, 1.807) is 0 Å². The fourth-order valence-electron chi connectivity index (χ4n) is 1.81. The molecule has 0 fully saturated rings. The van der Waals surface area contributed by atoms with E-state index in [1.165, 1.54) is 64.2 Å². The Morgan fingerprint density at radius 3 is 1.65 bits per heavy atom. The van der Waals surface area contributed by atoms with Crippen molar-refractivity contribution in [1.29, 1.82) is 0 Å². The molecule has 0 atom stereocenters. The molecule has 0 aliphatic rings. The summed E-state index contributed by atoms with van der Waals surface area (Å²) < 4.78 is 0. The largest absolute Gasteiger partial charge is 0.127 e. The Bertz CT molecular complexity index is 187. The first kappa shape index (κ1) is 16.9. The molecule has 0 aromatic rings. The van der Waals surface area contributed by atoms with Crippen molar-refractivity contribution in [2.24, 2.45) is 0 Å². The van der Waals surface area contributed by atoms with Crippen molar-refractivity contribution in [1.82, 2.24) is 0 Å². The summed E-state index contributed by atoms with van der Waals surface area (Å²) in [4.78, 5) is 0. The van der Waals surface area contributed by atoms with Gasteiger partial charge in [0.1, 0.15) is 0 Å². The molecule has 0 aromatic heterocycles. The van der Waals surface area contributed by atoms with E-state index in [4.69, 9.17) is 11.6 Å². The van der Waals surface area contributed by atoms with Gasteiger partial charge >= 0.3 is 0 Å². The third-order valence-electron chi connectivity index (χ3n) is 2.97. The summed E-state index contributed by atoms with van der Waals surface area (Å²) in [6, 6.07) is 0. The smallest absolute Gasteiger partial charge is 0.0223 e. The fourth-order valence-corrected chi connectivity index (χ4v) is 2.00. The van der Waals surface area contributed by atoms with Crippen molar-refractivity contribution in [2.45, 2.75) is 84.0 Å². The molecule has 0 unspecified atom stereocenters. The van der Waals surface area contributed by atoms with Gasteiger partial charge in [-0.25, -0.2) is 0 Å². The highest BCUT2D eigenvalue weighted by molar-refractivity contribution is 6.17. The van der Waals surface area contributed by atoms with E-state index in [-0.39, 0.29) is 0 Å². The van der Waals surface area contributed by atoms with E-state index in [1.807, 2.05) is 0 Å². The SMILES string of the molecule is CCCCC#CCCCCCCCCCCCl. The summed E-state index contributed by atoms with van der Waals surface area (Å²) in [5.74, 6) is 7.35. The highest BCUT2D eigenvalue weighted by Gasteiger charge is 1.91. The second-order valence-corrected chi connectivity index (χ2v) is 5.10. The maximum absolute atomic E-state index is 5.63. The fraction of sp³-hybridized carbons (Fsp3) is 0.875. The van der Waals surface area contributed by atoms with Gasteiger partial charge in [-0.2, -0.15) is 0 Å². The lowest BCUT2D eigenvalue weighted by Crippen LogP contribution is -1.81. The van der Waals surface area contributed by atoms with Gasteiger partial charge in [0.2, 0.25) is 0 Å². The normalized spacial score (nSPS) is 10.0. The molecular weight excluding hydrogens is 228 g/mol. The summed E-state index contributed by atoms with van der Waals surface area (Å²) in [6.07, 6.45) is 15.4. The van der Waals surface area contributed by atoms with Crippen molar-refractivity contribution in [3.8, 4) is 11.8 Å². The average Bonchev–Trinajstić information content (AvgIpc) is 2.35. The van der Waals surface area contributed by atoms with Crippen molar-refractivity contribution < 1.29 is 0 Å². The summed E-state index contributed by atoms with van der Waals surface area (Å²) >= 11 is 5.63. The Morgan fingerprint density at radius 2 is 1.12 bits per heavy atom. The van der Waals surface area contributed by atoms with Gasteiger partial charge < -0.3 is 0 Å². The maximum Gasteiger partial charge on any atom is 0.0223 e. The van der Waals surface area contributed by atoms with Crippen LogP contribution in [0, 0.1) is 11.8 Å². The van der Waals surface area contributed by atoms with E-state index < -0.39 is 0 Å². The monoisotopic (exact) mass is 256 g/mol. The van der Waals surface area contributed by atoms with Crippen LogP contribution in [0.2, 0.25) is 0 Å². The third kappa shape index (κ3) is 15.9. The van der Waals surface area contributed by atoms with E-state index >= 15 is 0 Å². The predicted octanol–water partition coefficient (Wildman–Crippen LogP) is 5.93. The van der Waals surface area contributed by atoms with Gasteiger partial charge in [0.25, 0.3) is 0 Å². The van der Waals surface area contributed by atoms with Crippen molar-refractivity contribution in [2.75, 3.05) is 5.88 Å². The second kappa shape index (κ2) is 15.9. The number of rotatable bonds is 11. The van der Waals surface area contributed by atoms with Crippen molar-refractivity contribution in [3.05, 3.63) is 0 Å². The van der Waals surface area contributed by atoms with Crippen LogP contribution in [-0.4, -0.2) is 5.88 Å². The molecule has 0 heterocycles. The van der Waals surface area contributed by atoms with Crippen molar-refractivity contribution >= 4 is 11.6 Å². The summed E-state index contributed by atoms with van der Waals surface area (Å²) in [5, 5.41) is 0. The van der Waals surface area contributed by atoms with Crippen molar-refractivity contribution in [3.63, 3.8) is 0 Å². The Balaban J connectivity index is 2.99. The molecule has 0 rings (SSSR count). The molecule has 0 amide bonds. The molecule has 0 radical (unpaired) electrons. The number of hydrogen-bond acceptors (Lipinski definition) is 0. The minimum absolute atomic E-state index is 0.830. The first-order valence-corrected chi connectivity index (χ1v) is 7.97. The molecule has 0 saturated heterocycles. The van der Waals surface area contributed by atoms with Crippen LogP contribution >= 0.6 is 11.6 Å². The zero-order chi connectivity index (χ0) is 12.6.